The van der Waals surface area contributed by atoms with Crippen LogP contribution in [0.1, 0.15) is 45.4 Å². The number of rotatable bonds is 17. The quantitative estimate of drug-likeness (QED) is 0.0734. The molecule has 0 radical (unpaired) electrons. The molecular formula is C24H47N5O8. The molecule has 37 heavy (non-hydrogen) atoms. The van der Waals surface area contributed by atoms with Gasteiger partial charge in [0, 0.05) is 25.4 Å². The Hall–Kier alpha value is -1.39. The van der Waals surface area contributed by atoms with Crippen LogP contribution in [0.25, 0.3) is 0 Å². The van der Waals surface area contributed by atoms with Crippen LogP contribution in [0.3, 0.4) is 0 Å². The molecule has 0 saturated heterocycles. The first-order valence-corrected chi connectivity index (χ1v) is 13.3. The van der Waals surface area contributed by atoms with Crippen molar-refractivity contribution in [3.05, 3.63) is 11.8 Å². The Bertz CT molecular complexity index is 688. The van der Waals surface area contributed by atoms with Gasteiger partial charge in [0.15, 0.2) is 12.6 Å². The lowest BCUT2D eigenvalue weighted by molar-refractivity contribution is -0.269. The molecule has 1 fully saturated rings. The van der Waals surface area contributed by atoms with Gasteiger partial charge in [-0.15, -0.1) is 0 Å². The molecule has 0 aromatic carbocycles. The SMILES string of the molecule is CC[C@@H](O)[C@H](OCCO)O[C@@H]1[C@@H](O)[C@H](O[C@@H]2CCC=C(CNCCCN)O2)[C@@H](N)C[C@H]1NC(=O)CCN. The highest BCUT2D eigenvalue weighted by Gasteiger charge is 2.47. The number of carbonyl (C=O) groups is 1. The van der Waals surface area contributed by atoms with Crippen molar-refractivity contribution in [2.75, 3.05) is 39.4 Å². The van der Waals surface area contributed by atoms with Crippen molar-refractivity contribution in [3.63, 3.8) is 0 Å². The van der Waals surface area contributed by atoms with Crippen LogP contribution >= 0.6 is 0 Å². The molecule has 0 aromatic heterocycles. The first-order valence-electron chi connectivity index (χ1n) is 13.3. The van der Waals surface area contributed by atoms with E-state index in [0.717, 1.165) is 25.1 Å². The summed E-state index contributed by atoms with van der Waals surface area (Å²) < 4.78 is 23.6. The molecule has 0 unspecified atom stereocenters. The average molecular weight is 534 g/mol. The zero-order valence-corrected chi connectivity index (χ0v) is 21.8. The summed E-state index contributed by atoms with van der Waals surface area (Å²) in [4.78, 5) is 12.3. The van der Waals surface area contributed by atoms with Crippen LogP contribution < -0.4 is 27.8 Å². The summed E-state index contributed by atoms with van der Waals surface area (Å²) in [5.74, 6) is 0.437. The van der Waals surface area contributed by atoms with Crippen LogP contribution in [0.5, 0.6) is 0 Å². The number of hydrogen-bond acceptors (Lipinski definition) is 12. The number of nitrogens with one attached hydrogen (secondary N) is 2. The Morgan fingerprint density at radius 3 is 2.76 bits per heavy atom. The fourth-order valence-corrected chi connectivity index (χ4v) is 4.38. The number of aliphatic hydroxyl groups excluding tert-OH is 3. The van der Waals surface area contributed by atoms with Gasteiger partial charge in [0.1, 0.15) is 30.2 Å². The predicted molar refractivity (Wildman–Crippen MR) is 136 cm³/mol. The summed E-state index contributed by atoms with van der Waals surface area (Å²) in [6, 6.07) is -1.31. The maximum Gasteiger partial charge on any atom is 0.221 e. The van der Waals surface area contributed by atoms with Crippen LogP contribution in [0.2, 0.25) is 0 Å². The molecule has 8 atom stereocenters. The second-order valence-corrected chi connectivity index (χ2v) is 9.36. The lowest BCUT2D eigenvalue weighted by atomic mass is 9.83. The lowest BCUT2D eigenvalue weighted by Crippen LogP contribution is -2.66. The minimum atomic E-state index is -1.27. The molecule has 0 aromatic rings. The molecule has 13 heteroatoms. The number of amides is 1. The van der Waals surface area contributed by atoms with Crippen LogP contribution in [0.15, 0.2) is 11.8 Å². The number of allylic oxidation sites excluding steroid dienone is 1. The summed E-state index contributed by atoms with van der Waals surface area (Å²) in [5.41, 5.74) is 17.4. The van der Waals surface area contributed by atoms with Gasteiger partial charge in [0.2, 0.25) is 5.91 Å². The van der Waals surface area contributed by atoms with E-state index in [1.165, 1.54) is 0 Å². The van der Waals surface area contributed by atoms with E-state index in [4.69, 9.17) is 36.1 Å². The summed E-state index contributed by atoms with van der Waals surface area (Å²) in [6.45, 7) is 3.49. The van der Waals surface area contributed by atoms with Gasteiger partial charge in [-0.05, 0) is 44.8 Å². The monoisotopic (exact) mass is 533 g/mol. The number of nitrogens with two attached hydrogens (primary N) is 3. The lowest BCUT2D eigenvalue weighted by Gasteiger charge is -2.45. The standard InChI is InChI=1S/C24H47N5O8/c1-2-18(31)24(34-12-11-30)37-23-17(29-19(32)7-9-26)13-16(27)22(21(23)33)36-20-6-3-5-15(35-20)14-28-10-4-8-25/h5,16-18,20-24,28,30-31,33H,2-4,6-14,25-27H2,1H3,(H,29,32)/t16-,17+,18+,20+,21-,22+,23-,24+/m0/s1. The van der Waals surface area contributed by atoms with Crippen molar-refractivity contribution in [1.82, 2.24) is 10.6 Å². The van der Waals surface area contributed by atoms with Gasteiger partial charge in [0.05, 0.1) is 25.8 Å². The van der Waals surface area contributed by atoms with Crippen LogP contribution in [-0.4, -0.2) is 110 Å². The average Bonchev–Trinajstić information content (AvgIpc) is 2.88. The number of ether oxygens (including phenoxy) is 4. The van der Waals surface area contributed by atoms with Gasteiger partial charge < -0.3 is 62.1 Å². The van der Waals surface area contributed by atoms with Crippen molar-refractivity contribution >= 4 is 5.91 Å². The zero-order valence-electron chi connectivity index (χ0n) is 21.8. The van der Waals surface area contributed by atoms with Gasteiger partial charge in [-0.1, -0.05) is 6.92 Å². The van der Waals surface area contributed by atoms with E-state index in [0.29, 0.717) is 25.9 Å². The highest BCUT2D eigenvalue weighted by atomic mass is 16.7. The molecule has 1 heterocycles. The Balaban J connectivity index is 2.12. The highest BCUT2D eigenvalue weighted by molar-refractivity contribution is 5.76. The fraction of sp³-hybridized carbons (Fsp3) is 0.875. The molecule has 0 bridgehead atoms. The molecule has 2 aliphatic rings. The minimum absolute atomic E-state index is 0.0709. The molecule has 11 N–H and O–H groups in total. The van der Waals surface area contributed by atoms with Gasteiger partial charge in [0.25, 0.3) is 0 Å². The van der Waals surface area contributed by atoms with E-state index in [1.807, 2.05) is 6.08 Å². The molecule has 0 spiro atoms. The maximum atomic E-state index is 12.3. The largest absolute Gasteiger partial charge is 0.468 e. The topological polar surface area (TPSA) is 217 Å². The summed E-state index contributed by atoms with van der Waals surface area (Å²) in [5, 5.41) is 37.0. The van der Waals surface area contributed by atoms with Crippen molar-refractivity contribution in [3.8, 4) is 0 Å². The minimum Gasteiger partial charge on any atom is -0.468 e. The van der Waals surface area contributed by atoms with Crippen LogP contribution in [0.4, 0.5) is 0 Å². The third-order valence-electron chi connectivity index (χ3n) is 6.36. The molecule has 1 saturated carbocycles. The van der Waals surface area contributed by atoms with E-state index in [-0.39, 0.29) is 38.5 Å². The summed E-state index contributed by atoms with van der Waals surface area (Å²) in [6.07, 6.45) is -1.07. The van der Waals surface area contributed by atoms with Gasteiger partial charge in [-0.25, -0.2) is 0 Å². The summed E-state index contributed by atoms with van der Waals surface area (Å²) >= 11 is 0. The van der Waals surface area contributed by atoms with Gasteiger partial charge >= 0.3 is 0 Å². The predicted octanol–water partition coefficient (Wildman–Crippen LogP) is -2.25. The van der Waals surface area contributed by atoms with E-state index in [9.17, 15) is 20.1 Å². The molecule has 1 aliphatic carbocycles. The first-order chi connectivity index (χ1) is 17.8. The number of aliphatic hydroxyl groups is 3. The van der Waals surface area contributed by atoms with E-state index in [1.54, 1.807) is 6.92 Å². The molecular weight excluding hydrogens is 486 g/mol. The van der Waals surface area contributed by atoms with E-state index >= 15 is 0 Å². The fourth-order valence-electron chi connectivity index (χ4n) is 4.38. The second-order valence-electron chi connectivity index (χ2n) is 9.36. The third-order valence-corrected chi connectivity index (χ3v) is 6.36. The molecule has 2 rings (SSSR count). The number of carbonyl (C=O) groups excluding carboxylic acids is 1. The Kier molecular flexibility index (Phi) is 14.8. The second kappa shape index (κ2) is 17.2. The normalized spacial score (nSPS) is 29.8. The molecule has 1 amide bonds. The highest BCUT2D eigenvalue weighted by Crippen LogP contribution is 2.29. The van der Waals surface area contributed by atoms with Gasteiger partial charge in [-0.2, -0.15) is 0 Å². The van der Waals surface area contributed by atoms with Crippen LogP contribution in [0, 0.1) is 0 Å². The van der Waals surface area contributed by atoms with Crippen LogP contribution in [-0.2, 0) is 23.7 Å². The van der Waals surface area contributed by atoms with E-state index in [2.05, 4.69) is 10.6 Å². The zero-order chi connectivity index (χ0) is 27.2. The van der Waals surface area contributed by atoms with Gasteiger partial charge in [-0.3, -0.25) is 4.79 Å². The van der Waals surface area contributed by atoms with Crippen molar-refractivity contribution in [2.45, 2.75) is 94.5 Å². The van der Waals surface area contributed by atoms with Crippen molar-refractivity contribution < 1.29 is 39.1 Å². The molecule has 13 nitrogen and oxygen atoms in total. The third kappa shape index (κ3) is 10.4. The smallest absolute Gasteiger partial charge is 0.221 e. The maximum absolute atomic E-state index is 12.3. The Morgan fingerprint density at radius 1 is 1.30 bits per heavy atom. The molecule has 1 aliphatic heterocycles. The van der Waals surface area contributed by atoms with Crippen molar-refractivity contribution in [2.24, 2.45) is 17.2 Å². The summed E-state index contributed by atoms with van der Waals surface area (Å²) in [7, 11) is 0. The Morgan fingerprint density at radius 2 is 2.08 bits per heavy atom. The number of hydrogen-bond donors (Lipinski definition) is 8. The van der Waals surface area contributed by atoms with Crippen molar-refractivity contribution in [1.29, 1.82) is 0 Å². The molecule has 216 valence electrons. The van der Waals surface area contributed by atoms with E-state index < -0.39 is 49.1 Å². The first kappa shape index (κ1) is 31.8. The Labute approximate surface area is 219 Å².